The predicted molar refractivity (Wildman–Crippen MR) is 73.7 cm³/mol. The number of anilines is 1. The van der Waals surface area contributed by atoms with Crippen LogP contribution in [0.5, 0.6) is 0 Å². The van der Waals surface area contributed by atoms with Gasteiger partial charge in [0.25, 0.3) is 11.6 Å². The summed E-state index contributed by atoms with van der Waals surface area (Å²) in [6.45, 7) is 1.75. The molecule has 0 saturated carbocycles. The summed E-state index contributed by atoms with van der Waals surface area (Å²) < 4.78 is 1.42. The topological polar surface area (TPSA) is 114 Å². The summed E-state index contributed by atoms with van der Waals surface area (Å²) in [6, 6.07) is 7.10. The molecule has 1 N–H and O–H groups in total. The molecule has 0 radical (unpaired) electrons. The smallest absolute Gasteiger partial charge is 0.273 e. The fourth-order valence-electron chi connectivity index (χ4n) is 1.86. The van der Waals surface area contributed by atoms with Gasteiger partial charge in [-0.3, -0.25) is 19.6 Å². The number of carbonyl (C=O) groups is 1. The first-order valence-corrected chi connectivity index (χ1v) is 5.93. The van der Waals surface area contributed by atoms with Gasteiger partial charge in [0.05, 0.1) is 21.9 Å². The van der Waals surface area contributed by atoms with Crippen LogP contribution in [0, 0.1) is 28.4 Å². The van der Waals surface area contributed by atoms with Crippen LogP contribution in [0.1, 0.15) is 21.7 Å². The molecule has 1 amide bonds. The molecule has 8 nitrogen and oxygen atoms in total. The van der Waals surface area contributed by atoms with E-state index in [9.17, 15) is 14.9 Å². The van der Waals surface area contributed by atoms with Gasteiger partial charge in [-0.05, 0) is 19.1 Å². The molecular weight excluding hydrogens is 274 g/mol. The van der Waals surface area contributed by atoms with E-state index in [1.54, 1.807) is 20.0 Å². The van der Waals surface area contributed by atoms with Crippen molar-refractivity contribution in [1.82, 2.24) is 9.78 Å². The number of hydrogen-bond acceptors (Lipinski definition) is 5. The minimum Gasteiger partial charge on any atom is -0.319 e. The van der Waals surface area contributed by atoms with Crippen molar-refractivity contribution in [2.24, 2.45) is 7.05 Å². The standard InChI is InChI=1S/C13H11N5O3/c1-8-5-12(17(2)16-8)13(19)15-11-4-3-10(18(20)21)6-9(11)7-14/h3-6H,1-2H3,(H,15,19). The lowest BCUT2D eigenvalue weighted by atomic mass is 10.1. The lowest BCUT2D eigenvalue weighted by molar-refractivity contribution is -0.384. The molecule has 0 spiro atoms. The number of aromatic nitrogens is 2. The second kappa shape index (κ2) is 5.42. The summed E-state index contributed by atoms with van der Waals surface area (Å²) in [5.74, 6) is -0.441. The van der Waals surface area contributed by atoms with E-state index in [0.717, 1.165) is 6.07 Å². The van der Waals surface area contributed by atoms with Gasteiger partial charge in [-0.1, -0.05) is 0 Å². The Morgan fingerprint density at radius 1 is 1.48 bits per heavy atom. The number of nitro benzene ring substituents is 1. The largest absolute Gasteiger partial charge is 0.319 e. The molecule has 0 aliphatic rings. The van der Waals surface area contributed by atoms with Crippen molar-refractivity contribution in [3.05, 3.63) is 51.3 Å². The summed E-state index contributed by atoms with van der Waals surface area (Å²) in [7, 11) is 1.63. The number of nitriles is 1. The molecule has 1 aromatic heterocycles. The number of nitrogens with zero attached hydrogens (tertiary/aromatic N) is 4. The molecule has 0 aliphatic carbocycles. The highest BCUT2D eigenvalue weighted by Gasteiger charge is 2.16. The van der Waals surface area contributed by atoms with Gasteiger partial charge in [-0.25, -0.2) is 0 Å². The highest BCUT2D eigenvalue weighted by molar-refractivity contribution is 6.03. The molecule has 0 atom stereocenters. The number of amides is 1. The monoisotopic (exact) mass is 285 g/mol. The van der Waals surface area contributed by atoms with E-state index in [2.05, 4.69) is 10.4 Å². The van der Waals surface area contributed by atoms with Crippen molar-refractivity contribution in [3.8, 4) is 6.07 Å². The van der Waals surface area contributed by atoms with E-state index >= 15 is 0 Å². The van der Waals surface area contributed by atoms with E-state index in [-0.39, 0.29) is 16.9 Å². The van der Waals surface area contributed by atoms with Gasteiger partial charge in [-0.15, -0.1) is 0 Å². The maximum atomic E-state index is 12.1. The zero-order valence-electron chi connectivity index (χ0n) is 11.3. The van der Waals surface area contributed by atoms with Crippen LogP contribution in [-0.4, -0.2) is 20.6 Å². The number of rotatable bonds is 3. The van der Waals surface area contributed by atoms with Crippen LogP contribution in [0.2, 0.25) is 0 Å². The highest BCUT2D eigenvalue weighted by atomic mass is 16.6. The number of non-ortho nitro benzene ring substituents is 1. The first kappa shape index (κ1) is 14.2. The Morgan fingerprint density at radius 3 is 2.71 bits per heavy atom. The number of nitro groups is 1. The fraction of sp³-hybridized carbons (Fsp3) is 0.154. The van der Waals surface area contributed by atoms with Crippen molar-refractivity contribution in [3.63, 3.8) is 0 Å². The third kappa shape index (κ3) is 2.87. The lowest BCUT2D eigenvalue weighted by Crippen LogP contribution is -2.16. The summed E-state index contributed by atoms with van der Waals surface area (Å²) in [4.78, 5) is 22.2. The Morgan fingerprint density at radius 2 is 2.19 bits per heavy atom. The van der Waals surface area contributed by atoms with Crippen LogP contribution < -0.4 is 5.32 Å². The average Bonchev–Trinajstić information content (AvgIpc) is 2.78. The molecule has 0 fully saturated rings. The van der Waals surface area contributed by atoms with Crippen LogP contribution in [-0.2, 0) is 7.05 Å². The Balaban J connectivity index is 2.32. The first-order chi connectivity index (χ1) is 9.92. The average molecular weight is 285 g/mol. The van der Waals surface area contributed by atoms with Crippen LogP contribution in [0.3, 0.4) is 0 Å². The second-order valence-corrected chi connectivity index (χ2v) is 4.35. The van der Waals surface area contributed by atoms with E-state index in [0.29, 0.717) is 11.4 Å². The van der Waals surface area contributed by atoms with Crippen molar-refractivity contribution >= 4 is 17.3 Å². The summed E-state index contributed by atoms with van der Waals surface area (Å²) in [6.07, 6.45) is 0. The summed E-state index contributed by atoms with van der Waals surface area (Å²) >= 11 is 0. The molecule has 21 heavy (non-hydrogen) atoms. The minimum absolute atomic E-state index is 0.0245. The number of benzene rings is 1. The van der Waals surface area contributed by atoms with E-state index < -0.39 is 10.8 Å². The molecule has 106 valence electrons. The fourth-order valence-corrected chi connectivity index (χ4v) is 1.86. The number of carbonyl (C=O) groups excluding carboxylic acids is 1. The molecule has 0 unspecified atom stereocenters. The molecule has 2 aromatic rings. The van der Waals surface area contributed by atoms with Gasteiger partial charge in [0, 0.05) is 19.2 Å². The summed E-state index contributed by atoms with van der Waals surface area (Å²) in [5.41, 5.74) is 1.05. The molecular formula is C13H11N5O3. The third-order valence-corrected chi connectivity index (χ3v) is 2.82. The number of nitrogens with one attached hydrogen (secondary N) is 1. The van der Waals surface area contributed by atoms with E-state index in [1.165, 1.54) is 16.8 Å². The number of aryl methyl sites for hydroxylation is 2. The van der Waals surface area contributed by atoms with Crippen molar-refractivity contribution in [1.29, 1.82) is 5.26 Å². The highest BCUT2D eigenvalue weighted by Crippen LogP contribution is 2.22. The zero-order chi connectivity index (χ0) is 15.6. The van der Waals surface area contributed by atoms with Crippen molar-refractivity contribution in [2.75, 3.05) is 5.32 Å². The SMILES string of the molecule is Cc1cc(C(=O)Nc2ccc([N+](=O)[O-])cc2C#N)n(C)n1. The van der Waals surface area contributed by atoms with Crippen LogP contribution in [0.4, 0.5) is 11.4 Å². The van der Waals surface area contributed by atoms with Crippen LogP contribution in [0.15, 0.2) is 24.3 Å². The van der Waals surface area contributed by atoms with Gasteiger partial charge in [0.15, 0.2) is 0 Å². The normalized spacial score (nSPS) is 9.95. The predicted octanol–water partition coefficient (Wildman–Crippen LogP) is 1.76. The maximum Gasteiger partial charge on any atom is 0.273 e. The molecule has 0 saturated heterocycles. The van der Waals surface area contributed by atoms with E-state index in [4.69, 9.17) is 5.26 Å². The second-order valence-electron chi connectivity index (χ2n) is 4.35. The van der Waals surface area contributed by atoms with Gasteiger partial charge >= 0.3 is 0 Å². The van der Waals surface area contributed by atoms with Crippen molar-refractivity contribution < 1.29 is 9.72 Å². The van der Waals surface area contributed by atoms with Gasteiger partial charge < -0.3 is 5.32 Å². The maximum absolute atomic E-state index is 12.1. The minimum atomic E-state index is -0.600. The Kier molecular flexibility index (Phi) is 3.67. The first-order valence-electron chi connectivity index (χ1n) is 5.93. The Bertz CT molecular complexity index is 773. The Labute approximate surface area is 119 Å². The Hall–Kier alpha value is -3.21. The van der Waals surface area contributed by atoms with E-state index in [1.807, 2.05) is 6.07 Å². The molecule has 8 heteroatoms. The lowest BCUT2D eigenvalue weighted by Gasteiger charge is -2.06. The third-order valence-electron chi connectivity index (χ3n) is 2.82. The number of hydrogen-bond donors (Lipinski definition) is 1. The molecule has 1 aromatic carbocycles. The molecule has 0 bridgehead atoms. The molecule has 0 aliphatic heterocycles. The summed E-state index contributed by atoms with van der Waals surface area (Å²) in [5, 5.41) is 26.3. The van der Waals surface area contributed by atoms with Crippen LogP contribution in [0.25, 0.3) is 0 Å². The molecule has 1 heterocycles. The van der Waals surface area contributed by atoms with Gasteiger partial charge in [0.1, 0.15) is 11.8 Å². The molecule has 2 rings (SSSR count). The van der Waals surface area contributed by atoms with Crippen LogP contribution >= 0.6 is 0 Å². The zero-order valence-corrected chi connectivity index (χ0v) is 11.3. The van der Waals surface area contributed by atoms with Gasteiger partial charge in [0.2, 0.25) is 0 Å². The van der Waals surface area contributed by atoms with Crippen molar-refractivity contribution in [2.45, 2.75) is 6.92 Å². The quantitative estimate of drug-likeness (QED) is 0.681. The van der Waals surface area contributed by atoms with Gasteiger partial charge in [-0.2, -0.15) is 10.4 Å².